The molecule has 0 bridgehead atoms. The molecule has 4 nitrogen and oxygen atoms in total. The zero-order chi connectivity index (χ0) is 11.7. The lowest BCUT2D eigenvalue weighted by Gasteiger charge is -2.10. The molecule has 1 amide bonds. The molecule has 2 aliphatic rings. The smallest absolute Gasteiger partial charge is 0.306 e. The van der Waals surface area contributed by atoms with Crippen LogP contribution in [0, 0.1) is 23.7 Å². The standard InChI is InChI=1S/C12H19NO3/c1-7-4-10(7)6-13-11(14)8-2-3-9(5-8)12(15)16/h7-10H,2-6H2,1H3,(H,13,14)(H,15,16)/t7?,8-,9+,10?/m1/s1. The predicted octanol–water partition coefficient (Wildman–Crippen LogP) is 1.26. The lowest BCUT2D eigenvalue weighted by Crippen LogP contribution is -2.31. The molecule has 90 valence electrons. The van der Waals surface area contributed by atoms with Crippen molar-refractivity contribution < 1.29 is 14.7 Å². The summed E-state index contributed by atoms with van der Waals surface area (Å²) >= 11 is 0. The van der Waals surface area contributed by atoms with Crippen molar-refractivity contribution in [1.82, 2.24) is 5.32 Å². The van der Waals surface area contributed by atoms with E-state index in [2.05, 4.69) is 12.2 Å². The molecule has 2 saturated carbocycles. The Morgan fingerprint density at radius 3 is 2.38 bits per heavy atom. The average Bonchev–Trinajstić information content (AvgIpc) is 2.78. The minimum atomic E-state index is -0.758. The van der Waals surface area contributed by atoms with Crippen molar-refractivity contribution in [1.29, 1.82) is 0 Å². The SMILES string of the molecule is CC1CC1CNC(=O)[C@@H]1CC[C@H](C(=O)O)C1. The van der Waals surface area contributed by atoms with Crippen LogP contribution in [-0.4, -0.2) is 23.5 Å². The topological polar surface area (TPSA) is 66.4 Å². The fraction of sp³-hybridized carbons (Fsp3) is 0.833. The molecule has 0 saturated heterocycles. The van der Waals surface area contributed by atoms with Gasteiger partial charge in [0.15, 0.2) is 0 Å². The number of carbonyl (C=O) groups excluding carboxylic acids is 1. The van der Waals surface area contributed by atoms with Crippen LogP contribution in [0.4, 0.5) is 0 Å². The Kier molecular flexibility index (Phi) is 3.17. The van der Waals surface area contributed by atoms with E-state index in [1.165, 1.54) is 6.42 Å². The molecular formula is C12H19NO3. The van der Waals surface area contributed by atoms with Gasteiger partial charge >= 0.3 is 5.97 Å². The van der Waals surface area contributed by atoms with E-state index in [1.807, 2.05) is 0 Å². The number of rotatable bonds is 4. The molecule has 4 heteroatoms. The highest BCUT2D eigenvalue weighted by Crippen LogP contribution is 2.37. The summed E-state index contributed by atoms with van der Waals surface area (Å²) in [5.41, 5.74) is 0. The second-order valence-electron chi connectivity index (χ2n) is 5.26. The molecule has 0 spiro atoms. The van der Waals surface area contributed by atoms with E-state index in [4.69, 9.17) is 5.11 Å². The van der Waals surface area contributed by atoms with Crippen molar-refractivity contribution in [2.75, 3.05) is 6.54 Å². The van der Waals surface area contributed by atoms with Gasteiger partial charge in [0.1, 0.15) is 0 Å². The number of amides is 1. The zero-order valence-corrected chi connectivity index (χ0v) is 9.61. The van der Waals surface area contributed by atoms with Crippen molar-refractivity contribution in [3.05, 3.63) is 0 Å². The number of nitrogens with one attached hydrogen (secondary N) is 1. The maximum Gasteiger partial charge on any atom is 0.306 e. The summed E-state index contributed by atoms with van der Waals surface area (Å²) in [6.45, 7) is 2.96. The van der Waals surface area contributed by atoms with E-state index >= 15 is 0 Å². The molecule has 2 fully saturated rings. The van der Waals surface area contributed by atoms with Gasteiger partial charge < -0.3 is 10.4 Å². The Balaban J connectivity index is 1.71. The van der Waals surface area contributed by atoms with E-state index in [-0.39, 0.29) is 17.7 Å². The molecule has 0 aromatic rings. The Morgan fingerprint density at radius 2 is 1.88 bits per heavy atom. The van der Waals surface area contributed by atoms with Gasteiger partial charge in [0, 0.05) is 12.5 Å². The summed E-state index contributed by atoms with van der Waals surface area (Å²) in [6, 6.07) is 0. The van der Waals surface area contributed by atoms with Gasteiger partial charge in [-0.25, -0.2) is 0 Å². The van der Waals surface area contributed by atoms with Crippen LogP contribution in [0.1, 0.15) is 32.6 Å². The van der Waals surface area contributed by atoms with Crippen LogP contribution in [0.5, 0.6) is 0 Å². The number of carbonyl (C=O) groups is 2. The largest absolute Gasteiger partial charge is 0.481 e. The molecule has 4 atom stereocenters. The van der Waals surface area contributed by atoms with Crippen LogP contribution >= 0.6 is 0 Å². The number of carboxylic acids is 1. The quantitative estimate of drug-likeness (QED) is 0.757. The molecule has 2 unspecified atom stereocenters. The lowest BCUT2D eigenvalue weighted by molar-refractivity contribution is -0.141. The predicted molar refractivity (Wildman–Crippen MR) is 58.7 cm³/mol. The van der Waals surface area contributed by atoms with Gasteiger partial charge in [-0.05, 0) is 37.5 Å². The molecule has 0 heterocycles. The second-order valence-corrected chi connectivity index (χ2v) is 5.26. The van der Waals surface area contributed by atoms with Crippen molar-refractivity contribution in [3.63, 3.8) is 0 Å². The van der Waals surface area contributed by atoms with E-state index < -0.39 is 5.97 Å². The van der Waals surface area contributed by atoms with Crippen LogP contribution < -0.4 is 5.32 Å². The molecule has 0 radical (unpaired) electrons. The van der Waals surface area contributed by atoms with E-state index in [1.54, 1.807) is 0 Å². The summed E-state index contributed by atoms with van der Waals surface area (Å²) in [4.78, 5) is 22.5. The monoisotopic (exact) mass is 225 g/mol. The van der Waals surface area contributed by atoms with Crippen LogP contribution in [0.25, 0.3) is 0 Å². The van der Waals surface area contributed by atoms with Gasteiger partial charge in [-0.15, -0.1) is 0 Å². The first-order chi connectivity index (χ1) is 7.58. The fourth-order valence-corrected chi connectivity index (χ4v) is 2.50. The van der Waals surface area contributed by atoms with Gasteiger partial charge in [0.05, 0.1) is 5.92 Å². The number of carboxylic acid groups (broad SMARTS) is 1. The Labute approximate surface area is 95.4 Å². The molecule has 0 aliphatic heterocycles. The molecule has 2 N–H and O–H groups in total. The first kappa shape index (κ1) is 11.4. The van der Waals surface area contributed by atoms with Gasteiger partial charge in [-0.1, -0.05) is 6.92 Å². The van der Waals surface area contributed by atoms with Gasteiger partial charge in [0.25, 0.3) is 0 Å². The third kappa shape index (κ3) is 2.54. The van der Waals surface area contributed by atoms with Gasteiger partial charge in [-0.3, -0.25) is 9.59 Å². The summed E-state index contributed by atoms with van der Waals surface area (Å²) in [5, 5.41) is 11.8. The maximum absolute atomic E-state index is 11.7. The minimum absolute atomic E-state index is 0.0582. The van der Waals surface area contributed by atoms with Crippen molar-refractivity contribution >= 4 is 11.9 Å². The normalized spacial score (nSPS) is 37.1. The highest BCUT2D eigenvalue weighted by molar-refractivity contribution is 5.80. The van der Waals surface area contributed by atoms with E-state index in [9.17, 15) is 9.59 Å². The highest BCUT2D eigenvalue weighted by atomic mass is 16.4. The van der Waals surface area contributed by atoms with Crippen LogP contribution in [0.15, 0.2) is 0 Å². The number of aliphatic carboxylic acids is 1. The van der Waals surface area contributed by atoms with Gasteiger partial charge in [0.2, 0.25) is 5.91 Å². The summed E-state index contributed by atoms with van der Waals surface area (Å²) in [5.74, 6) is 0.316. The molecule has 2 rings (SSSR count). The van der Waals surface area contributed by atoms with Crippen LogP contribution in [0.2, 0.25) is 0 Å². The highest BCUT2D eigenvalue weighted by Gasteiger charge is 2.36. The summed E-state index contributed by atoms with van der Waals surface area (Å²) < 4.78 is 0. The summed E-state index contributed by atoms with van der Waals surface area (Å²) in [6.07, 6.45) is 3.10. The molecule has 2 aliphatic carbocycles. The fourth-order valence-electron chi connectivity index (χ4n) is 2.50. The van der Waals surface area contributed by atoms with Crippen molar-refractivity contribution in [2.45, 2.75) is 32.6 Å². The minimum Gasteiger partial charge on any atom is -0.481 e. The molecule has 0 aromatic heterocycles. The van der Waals surface area contributed by atoms with E-state index in [0.29, 0.717) is 18.8 Å². The van der Waals surface area contributed by atoms with Crippen molar-refractivity contribution in [3.8, 4) is 0 Å². The average molecular weight is 225 g/mol. The van der Waals surface area contributed by atoms with Crippen molar-refractivity contribution in [2.24, 2.45) is 23.7 Å². The molecule has 0 aromatic carbocycles. The van der Waals surface area contributed by atoms with E-state index in [0.717, 1.165) is 18.9 Å². The lowest BCUT2D eigenvalue weighted by atomic mass is 10.0. The number of hydrogen-bond donors (Lipinski definition) is 2. The maximum atomic E-state index is 11.7. The number of hydrogen-bond acceptors (Lipinski definition) is 2. The first-order valence-electron chi connectivity index (χ1n) is 6.08. The first-order valence-corrected chi connectivity index (χ1v) is 6.08. The molecule has 16 heavy (non-hydrogen) atoms. The third-order valence-corrected chi connectivity index (χ3v) is 3.97. The van der Waals surface area contributed by atoms with Crippen LogP contribution in [0.3, 0.4) is 0 Å². The Bertz CT molecular complexity index is 303. The van der Waals surface area contributed by atoms with Gasteiger partial charge in [-0.2, -0.15) is 0 Å². The third-order valence-electron chi connectivity index (χ3n) is 3.97. The van der Waals surface area contributed by atoms with Crippen LogP contribution in [-0.2, 0) is 9.59 Å². The zero-order valence-electron chi connectivity index (χ0n) is 9.61. The summed E-state index contributed by atoms with van der Waals surface area (Å²) in [7, 11) is 0. The second kappa shape index (κ2) is 4.44. The Hall–Kier alpha value is -1.06. The molecular weight excluding hydrogens is 206 g/mol. The Morgan fingerprint density at radius 1 is 1.25 bits per heavy atom.